The number of carbonyl (C=O) groups is 1. The Morgan fingerprint density at radius 3 is 2.55 bits per heavy atom. The highest BCUT2D eigenvalue weighted by molar-refractivity contribution is 5.77. The summed E-state index contributed by atoms with van der Waals surface area (Å²) in [5.41, 5.74) is 7.37. The molecule has 0 bridgehead atoms. The fraction of sp³-hybridized carbons (Fsp3) is 0.588. The zero-order valence-corrected chi connectivity index (χ0v) is 12.5. The van der Waals surface area contributed by atoms with Gasteiger partial charge in [-0.15, -0.1) is 0 Å². The van der Waals surface area contributed by atoms with Gasteiger partial charge in [0, 0.05) is 25.6 Å². The molecule has 1 fully saturated rings. The summed E-state index contributed by atoms with van der Waals surface area (Å²) in [4.78, 5) is 14.0. The van der Waals surface area contributed by atoms with E-state index in [0.29, 0.717) is 6.42 Å². The summed E-state index contributed by atoms with van der Waals surface area (Å²) in [5, 5.41) is 0. The lowest BCUT2D eigenvalue weighted by Gasteiger charge is -2.26. The van der Waals surface area contributed by atoms with E-state index in [1.807, 2.05) is 18.0 Å². The predicted molar refractivity (Wildman–Crippen MR) is 82.4 cm³/mol. The molecule has 0 saturated heterocycles. The van der Waals surface area contributed by atoms with Gasteiger partial charge in [0.15, 0.2) is 0 Å². The van der Waals surface area contributed by atoms with Gasteiger partial charge in [0.05, 0.1) is 0 Å². The second-order valence-corrected chi connectivity index (χ2v) is 6.15. The highest BCUT2D eigenvalue weighted by atomic mass is 16.2. The van der Waals surface area contributed by atoms with Crippen molar-refractivity contribution >= 4 is 5.91 Å². The maximum absolute atomic E-state index is 12.2. The predicted octanol–water partition coefficient (Wildman–Crippen LogP) is 2.74. The van der Waals surface area contributed by atoms with Gasteiger partial charge in [-0.2, -0.15) is 0 Å². The van der Waals surface area contributed by atoms with E-state index in [4.69, 9.17) is 5.73 Å². The minimum absolute atomic E-state index is 0.197. The molecule has 3 heteroatoms. The van der Waals surface area contributed by atoms with Crippen LogP contribution in [-0.2, 0) is 11.2 Å². The lowest BCUT2D eigenvalue weighted by Crippen LogP contribution is -2.42. The molecule has 1 aromatic carbocycles. The van der Waals surface area contributed by atoms with E-state index in [2.05, 4.69) is 24.3 Å². The summed E-state index contributed by atoms with van der Waals surface area (Å²) in [6.07, 6.45) is 6.86. The van der Waals surface area contributed by atoms with Crippen LogP contribution < -0.4 is 5.73 Å². The van der Waals surface area contributed by atoms with Gasteiger partial charge in [-0.25, -0.2) is 0 Å². The normalized spacial score (nSPS) is 17.1. The monoisotopic (exact) mass is 274 g/mol. The molecule has 2 N–H and O–H groups in total. The minimum Gasteiger partial charge on any atom is -0.346 e. The van der Waals surface area contributed by atoms with E-state index in [0.717, 1.165) is 32.2 Å². The molecule has 0 aromatic heterocycles. The van der Waals surface area contributed by atoms with Crippen LogP contribution >= 0.6 is 0 Å². The van der Waals surface area contributed by atoms with Gasteiger partial charge in [0.1, 0.15) is 0 Å². The summed E-state index contributed by atoms with van der Waals surface area (Å²) >= 11 is 0. The van der Waals surface area contributed by atoms with Crippen molar-refractivity contribution in [2.45, 2.75) is 50.5 Å². The molecule has 2 rings (SSSR count). The molecule has 1 amide bonds. The molecule has 1 saturated carbocycles. The Kier molecular flexibility index (Phi) is 5.18. The topological polar surface area (TPSA) is 46.3 Å². The van der Waals surface area contributed by atoms with Crippen LogP contribution in [0.2, 0.25) is 0 Å². The Labute approximate surface area is 122 Å². The van der Waals surface area contributed by atoms with E-state index >= 15 is 0 Å². The van der Waals surface area contributed by atoms with Crippen molar-refractivity contribution in [3.8, 4) is 0 Å². The summed E-state index contributed by atoms with van der Waals surface area (Å²) in [5.74, 6) is 0.197. The van der Waals surface area contributed by atoms with Crippen molar-refractivity contribution in [3.63, 3.8) is 0 Å². The Bertz CT molecular complexity index is 424. The molecule has 20 heavy (non-hydrogen) atoms. The first-order valence-corrected chi connectivity index (χ1v) is 7.66. The van der Waals surface area contributed by atoms with Gasteiger partial charge in [-0.05, 0) is 31.2 Å². The SMILES string of the molecule is CN(CCCc1ccccc1)C(=O)CC1(N)CCCC1. The lowest BCUT2D eigenvalue weighted by molar-refractivity contribution is -0.131. The molecular weight excluding hydrogens is 248 g/mol. The molecule has 110 valence electrons. The number of hydrogen-bond acceptors (Lipinski definition) is 2. The van der Waals surface area contributed by atoms with E-state index in [1.165, 1.54) is 18.4 Å². The molecule has 0 spiro atoms. The maximum Gasteiger partial charge on any atom is 0.224 e. The zero-order chi connectivity index (χ0) is 14.4. The molecule has 1 aliphatic rings. The van der Waals surface area contributed by atoms with Gasteiger partial charge in [0.2, 0.25) is 5.91 Å². The van der Waals surface area contributed by atoms with Crippen molar-refractivity contribution in [3.05, 3.63) is 35.9 Å². The Balaban J connectivity index is 1.71. The molecule has 0 aliphatic heterocycles. The van der Waals surface area contributed by atoms with Crippen LogP contribution in [0.25, 0.3) is 0 Å². The molecule has 3 nitrogen and oxygen atoms in total. The standard InChI is InChI=1S/C17H26N2O/c1-19(13-7-10-15-8-3-2-4-9-15)16(20)14-17(18)11-5-6-12-17/h2-4,8-9H,5-7,10-14,18H2,1H3. The number of amides is 1. The van der Waals surface area contributed by atoms with Gasteiger partial charge in [-0.1, -0.05) is 43.2 Å². The first kappa shape index (κ1) is 15.0. The summed E-state index contributed by atoms with van der Waals surface area (Å²) in [6, 6.07) is 10.4. The van der Waals surface area contributed by atoms with Crippen molar-refractivity contribution in [2.75, 3.05) is 13.6 Å². The lowest BCUT2D eigenvalue weighted by atomic mass is 9.94. The van der Waals surface area contributed by atoms with Crippen LogP contribution in [0.15, 0.2) is 30.3 Å². The number of nitrogens with two attached hydrogens (primary N) is 1. The van der Waals surface area contributed by atoms with Crippen LogP contribution in [0.3, 0.4) is 0 Å². The number of carbonyl (C=O) groups excluding carboxylic acids is 1. The van der Waals surface area contributed by atoms with Gasteiger partial charge >= 0.3 is 0 Å². The second-order valence-electron chi connectivity index (χ2n) is 6.15. The highest BCUT2D eigenvalue weighted by Gasteiger charge is 2.32. The Morgan fingerprint density at radius 2 is 1.90 bits per heavy atom. The largest absolute Gasteiger partial charge is 0.346 e. The number of benzene rings is 1. The second kappa shape index (κ2) is 6.89. The van der Waals surface area contributed by atoms with Crippen LogP contribution in [0, 0.1) is 0 Å². The minimum atomic E-state index is -0.231. The van der Waals surface area contributed by atoms with Crippen molar-refractivity contribution in [1.29, 1.82) is 0 Å². The summed E-state index contributed by atoms with van der Waals surface area (Å²) < 4.78 is 0. The van der Waals surface area contributed by atoms with Crippen LogP contribution in [-0.4, -0.2) is 29.9 Å². The van der Waals surface area contributed by atoms with Crippen LogP contribution in [0.1, 0.15) is 44.1 Å². The third-order valence-corrected chi connectivity index (χ3v) is 4.33. The van der Waals surface area contributed by atoms with E-state index in [9.17, 15) is 4.79 Å². The smallest absolute Gasteiger partial charge is 0.224 e. The van der Waals surface area contributed by atoms with Gasteiger partial charge in [0.25, 0.3) is 0 Å². The first-order valence-electron chi connectivity index (χ1n) is 7.66. The molecule has 1 aliphatic carbocycles. The number of rotatable bonds is 6. The number of hydrogen-bond donors (Lipinski definition) is 1. The quantitative estimate of drug-likeness (QED) is 0.867. The third-order valence-electron chi connectivity index (χ3n) is 4.33. The molecule has 1 aromatic rings. The van der Waals surface area contributed by atoms with Crippen LogP contribution in [0.4, 0.5) is 0 Å². The van der Waals surface area contributed by atoms with E-state index < -0.39 is 0 Å². The number of nitrogens with zero attached hydrogens (tertiary/aromatic N) is 1. The van der Waals surface area contributed by atoms with Gasteiger partial charge < -0.3 is 10.6 Å². The molecule has 0 atom stereocenters. The first-order chi connectivity index (χ1) is 9.59. The van der Waals surface area contributed by atoms with Gasteiger partial charge in [-0.3, -0.25) is 4.79 Å². The van der Waals surface area contributed by atoms with Crippen molar-refractivity contribution in [2.24, 2.45) is 5.73 Å². The van der Waals surface area contributed by atoms with Crippen molar-refractivity contribution in [1.82, 2.24) is 4.90 Å². The van der Waals surface area contributed by atoms with Crippen LogP contribution in [0.5, 0.6) is 0 Å². The molecule has 0 radical (unpaired) electrons. The Hall–Kier alpha value is -1.35. The average Bonchev–Trinajstić information content (AvgIpc) is 2.86. The maximum atomic E-state index is 12.2. The number of aryl methyl sites for hydroxylation is 1. The molecule has 0 heterocycles. The molecular formula is C17H26N2O. The fourth-order valence-corrected chi connectivity index (χ4v) is 2.98. The third kappa shape index (κ3) is 4.34. The summed E-state index contributed by atoms with van der Waals surface area (Å²) in [6.45, 7) is 0.809. The Morgan fingerprint density at radius 1 is 1.25 bits per heavy atom. The highest BCUT2D eigenvalue weighted by Crippen LogP contribution is 2.30. The summed E-state index contributed by atoms with van der Waals surface area (Å²) in [7, 11) is 1.89. The fourth-order valence-electron chi connectivity index (χ4n) is 2.98. The van der Waals surface area contributed by atoms with E-state index in [-0.39, 0.29) is 11.4 Å². The average molecular weight is 274 g/mol. The van der Waals surface area contributed by atoms with E-state index in [1.54, 1.807) is 0 Å². The van der Waals surface area contributed by atoms with Crippen molar-refractivity contribution < 1.29 is 4.79 Å². The zero-order valence-electron chi connectivity index (χ0n) is 12.5. The molecule has 0 unspecified atom stereocenters.